The highest BCUT2D eigenvalue weighted by molar-refractivity contribution is 5.85. The highest BCUT2D eigenvalue weighted by Gasteiger charge is 2.16. The van der Waals surface area contributed by atoms with Crippen LogP contribution in [0.2, 0.25) is 0 Å². The molecule has 2 heterocycles. The van der Waals surface area contributed by atoms with Gasteiger partial charge in [-0.15, -0.1) is 5.10 Å². The molecule has 2 aromatic rings. The van der Waals surface area contributed by atoms with Crippen molar-refractivity contribution >= 4 is 11.7 Å². The number of nitrogens with zero attached hydrogens (tertiary/aromatic N) is 4. The molecule has 0 fully saturated rings. The molecule has 2 rings (SSSR count). The summed E-state index contributed by atoms with van der Waals surface area (Å²) >= 11 is 0. The molecular weight excluding hydrogens is 220 g/mol. The van der Waals surface area contributed by atoms with Crippen molar-refractivity contribution in [3.05, 3.63) is 22.8 Å². The number of carbonyl (C=O) groups is 1. The molecule has 90 valence electrons. The monoisotopic (exact) mass is 234 g/mol. The summed E-state index contributed by atoms with van der Waals surface area (Å²) in [4.78, 5) is 19.7. The van der Waals surface area contributed by atoms with Crippen LogP contribution in [0.25, 0.3) is 5.78 Å². The third kappa shape index (κ3) is 1.75. The second kappa shape index (κ2) is 4.12. The van der Waals surface area contributed by atoms with E-state index in [-0.39, 0.29) is 5.82 Å². The largest absolute Gasteiger partial charge is 0.463 e. The molecule has 0 amide bonds. The third-order valence-corrected chi connectivity index (χ3v) is 2.77. The van der Waals surface area contributed by atoms with Crippen LogP contribution in [0, 0.1) is 13.8 Å². The molecule has 0 radical (unpaired) electrons. The standard InChI is InChI=1S/C11H14N4O2/c1-5-8-6(2)12-11-13-9(10(16)17-4)14-15(11)7(8)3/h5H2,1-4H3. The predicted molar refractivity (Wildman–Crippen MR) is 61.0 cm³/mol. The fraction of sp³-hybridized carbons (Fsp3) is 0.455. The molecule has 0 aliphatic carbocycles. The summed E-state index contributed by atoms with van der Waals surface area (Å²) in [6.45, 7) is 5.93. The van der Waals surface area contributed by atoms with Gasteiger partial charge in [-0.3, -0.25) is 0 Å². The van der Waals surface area contributed by atoms with Gasteiger partial charge in [-0.2, -0.15) is 4.98 Å². The van der Waals surface area contributed by atoms with Crippen LogP contribution in [0.3, 0.4) is 0 Å². The molecule has 0 N–H and O–H groups in total. The van der Waals surface area contributed by atoms with E-state index in [9.17, 15) is 4.79 Å². The van der Waals surface area contributed by atoms with Gasteiger partial charge < -0.3 is 4.74 Å². The molecule has 0 aromatic carbocycles. The summed E-state index contributed by atoms with van der Waals surface area (Å²) in [6.07, 6.45) is 0.869. The van der Waals surface area contributed by atoms with Crippen LogP contribution in [-0.2, 0) is 11.2 Å². The van der Waals surface area contributed by atoms with Crippen molar-refractivity contribution in [2.24, 2.45) is 0 Å². The Hall–Kier alpha value is -1.98. The molecule has 0 spiro atoms. The van der Waals surface area contributed by atoms with Crippen molar-refractivity contribution in [3.8, 4) is 0 Å². The SMILES string of the molecule is CCc1c(C)nc2nc(C(=O)OC)nn2c1C. The highest BCUT2D eigenvalue weighted by atomic mass is 16.5. The Morgan fingerprint density at radius 3 is 2.65 bits per heavy atom. The minimum absolute atomic E-state index is 0.0377. The zero-order chi connectivity index (χ0) is 12.6. The number of rotatable bonds is 2. The minimum atomic E-state index is -0.550. The fourth-order valence-electron chi connectivity index (χ4n) is 1.90. The van der Waals surface area contributed by atoms with Gasteiger partial charge in [0.1, 0.15) is 0 Å². The lowest BCUT2D eigenvalue weighted by Gasteiger charge is -2.07. The zero-order valence-electron chi connectivity index (χ0n) is 10.3. The Morgan fingerprint density at radius 2 is 2.06 bits per heavy atom. The van der Waals surface area contributed by atoms with E-state index < -0.39 is 5.97 Å². The number of methoxy groups -OCH3 is 1. The lowest BCUT2D eigenvalue weighted by Crippen LogP contribution is -2.06. The number of esters is 1. The summed E-state index contributed by atoms with van der Waals surface area (Å²) in [5.74, 6) is -0.0843. The average molecular weight is 234 g/mol. The van der Waals surface area contributed by atoms with E-state index in [1.165, 1.54) is 7.11 Å². The second-order valence-corrected chi connectivity index (χ2v) is 3.75. The zero-order valence-corrected chi connectivity index (χ0v) is 10.3. The van der Waals surface area contributed by atoms with Gasteiger partial charge in [-0.25, -0.2) is 14.3 Å². The number of hydrogen-bond acceptors (Lipinski definition) is 5. The second-order valence-electron chi connectivity index (χ2n) is 3.75. The summed E-state index contributed by atoms with van der Waals surface area (Å²) in [5.41, 5.74) is 3.00. The number of aromatic nitrogens is 4. The molecule has 2 aromatic heterocycles. The van der Waals surface area contributed by atoms with Gasteiger partial charge in [0.2, 0.25) is 0 Å². The lowest BCUT2D eigenvalue weighted by molar-refractivity contribution is 0.0587. The lowest BCUT2D eigenvalue weighted by atomic mass is 10.1. The van der Waals surface area contributed by atoms with Crippen molar-refractivity contribution in [3.63, 3.8) is 0 Å². The van der Waals surface area contributed by atoms with Gasteiger partial charge in [0, 0.05) is 11.4 Å². The van der Waals surface area contributed by atoms with Crippen molar-refractivity contribution < 1.29 is 9.53 Å². The van der Waals surface area contributed by atoms with Crippen molar-refractivity contribution in [2.75, 3.05) is 7.11 Å². The number of aryl methyl sites for hydroxylation is 2. The molecule has 0 aliphatic heterocycles. The number of carbonyl (C=O) groups excluding carboxylic acids is 1. The van der Waals surface area contributed by atoms with Crippen LogP contribution >= 0.6 is 0 Å². The average Bonchev–Trinajstić information content (AvgIpc) is 2.72. The molecule has 0 saturated carbocycles. The van der Waals surface area contributed by atoms with Crippen LogP contribution in [0.15, 0.2) is 0 Å². The topological polar surface area (TPSA) is 69.4 Å². The molecule has 6 heteroatoms. The maximum absolute atomic E-state index is 11.3. The molecule has 17 heavy (non-hydrogen) atoms. The molecule has 0 saturated heterocycles. The summed E-state index contributed by atoms with van der Waals surface area (Å²) < 4.78 is 6.17. The Bertz CT molecular complexity index is 589. The van der Waals surface area contributed by atoms with Crippen LogP contribution in [-0.4, -0.2) is 32.7 Å². The Labute approximate surface area is 98.6 Å². The Kier molecular flexibility index (Phi) is 2.79. The summed E-state index contributed by atoms with van der Waals surface area (Å²) in [5, 5.41) is 4.10. The first-order valence-electron chi connectivity index (χ1n) is 5.39. The van der Waals surface area contributed by atoms with E-state index in [4.69, 9.17) is 0 Å². The van der Waals surface area contributed by atoms with Crippen molar-refractivity contribution in [1.82, 2.24) is 19.6 Å². The van der Waals surface area contributed by atoms with Crippen LogP contribution in [0.1, 0.15) is 34.5 Å². The normalized spacial score (nSPS) is 10.8. The van der Waals surface area contributed by atoms with E-state index in [1.54, 1.807) is 4.52 Å². The fourth-order valence-corrected chi connectivity index (χ4v) is 1.90. The number of ether oxygens (including phenoxy) is 1. The molecule has 0 unspecified atom stereocenters. The maximum Gasteiger partial charge on any atom is 0.378 e. The first-order chi connectivity index (χ1) is 8.08. The molecule has 6 nitrogen and oxygen atoms in total. The number of hydrogen-bond donors (Lipinski definition) is 0. The predicted octanol–water partition coefficient (Wildman–Crippen LogP) is 1.09. The molecular formula is C11H14N4O2. The van der Waals surface area contributed by atoms with Gasteiger partial charge in [-0.05, 0) is 25.8 Å². The van der Waals surface area contributed by atoms with E-state index in [2.05, 4.69) is 26.7 Å². The molecule has 0 bridgehead atoms. The van der Waals surface area contributed by atoms with Crippen molar-refractivity contribution in [2.45, 2.75) is 27.2 Å². The van der Waals surface area contributed by atoms with E-state index >= 15 is 0 Å². The van der Waals surface area contributed by atoms with Gasteiger partial charge >= 0.3 is 5.97 Å². The Morgan fingerprint density at radius 1 is 1.35 bits per heavy atom. The smallest absolute Gasteiger partial charge is 0.378 e. The molecule has 0 atom stereocenters. The van der Waals surface area contributed by atoms with Gasteiger partial charge in [0.25, 0.3) is 11.6 Å². The maximum atomic E-state index is 11.3. The first kappa shape index (κ1) is 11.5. The van der Waals surface area contributed by atoms with E-state index in [1.807, 2.05) is 13.8 Å². The van der Waals surface area contributed by atoms with Gasteiger partial charge in [-0.1, -0.05) is 6.92 Å². The molecule has 0 aliphatic rings. The van der Waals surface area contributed by atoms with Crippen LogP contribution in [0.4, 0.5) is 0 Å². The number of fused-ring (bicyclic) bond motifs is 1. The third-order valence-electron chi connectivity index (χ3n) is 2.77. The van der Waals surface area contributed by atoms with Gasteiger partial charge in [0.15, 0.2) is 0 Å². The highest BCUT2D eigenvalue weighted by Crippen LogP contribution is 2.14. The van der Waals surface area contributed by atoms with Crippen molar-refractivity contribution in [1.29, 1.82) is 0 Å². The van der Waals surface area contributed by atoms with Crippen LogP contribution < -0.4 is 0 Å². The first-order valence-corrected chi connectivity index (χ1v) is 5.39. The summed E-state index contributed by atoms with van der Waals surface area (Å²) in [7, 11) is 1.30. The van der Waals surface area contributed by atoms with Crippen LogP contribution in [0.5, 0.6) is 0 Å². The quantitative estimate of drug-likeness (QED) is 0.727. The Balaban J connectivity index is 2.69. The minimum Gasteiger partial charge on any atom is -0.463 e. The van der Waals surface area contributed by atoms with E-state index in [0.29, 0.717) is 5.78 Å². The van der Waals surface area contributed by atoms with E-state index in [0.717, 1.165) is 23.4 Å². The summed E-state index contributed by atoms with van der Waals surface area (Å²) in [6, 6.07) is 0. The van der Waals surface area contributed by atoms with Gasteiger partial charge in [0.05, 0.1) is 7.11 Å².